The molecule has 0 unspecified atom stereocenters. The zero-order valence-corrected chi connectivity index (χ0v) is 20.3. The summed E-state index contributed by atoms with van der Waals surface area (Å²) in [5, 5.41) is 4.12. The van der Waals surface area contributed by atoms with Crippen LogP contribution in [-0.2, 0) is 17.9 Å². The second kappa shape index (κ2) is 8.93. The van der Waals surface area contributed by atoms with Crippen LogP contribution in [0.5, 0.6) is 0 Å². The first-order valence-corrected chi connectivity index (χ1v) is 11.7. The molecule has 6 heteroatoms. The van der Waals surface area contributed by atoms with Crippen molar-refractivity contribution in [3.63, 3.8) is 0 Å². The van der Waals surface area contributed by atoms with Crippen molar-refractivity contribution >= 4 is 28.4 Å². The fraction of sp³-hybridized carbons (Fsp3) is 0.407. The number of fused-ring (bicyclic) bond motifs is 3. The predicted molar refractivity (Wildman–Crippen MR) is 133 cm³/mol. The lowest BCUT2D eigenvalue weighted by Gasteiger charge is -2.44. The number of benzene rings is 2. The molecule has 2 heterocycles. The fourth-order valence-corrected chi connectivity index (χ4v) is 4.50. The van der Waals surface area contributed by atoms with Gasteiger partial charge in [0.15, 0.2) is 0 Å². The zero-order chi connectivity index (χ0) is 23.8. The van der Waals surface area contributed by atoms with Gasteiger partial charge in [-0.1, -0.05) is 44.2 Å². The first kappa shape index (κ1) is 22.9. The van der Waals surface area contributed by atoms with Crippen molar-refractivity contribution in [1.29, 1.82) is 0 Å². The SMILES string of the molecule is CC(C)CCNC(=O)[C@]1(C)Cn2c(cc3ccccc32)C(=O)N1Cc1ccc(N(C)C)cc1. The van der Waals surface area contributed by atoms with Crippen LogP contribution in [0.3, 0.4) is 0 Å². The molecule has 0 aliphatic carbocycles. The molecule has 6 nitrogen and oxygen atoms in total. The number of amides is 2. The standard InChI is InChI=1S/C27H34N4O2/c1-19(2)14-15-28-26(33)27(3)18-30-23-9-7-6-8-21(23)16-24(30)25(32)31(27)17-20-10-12-22(13-11-20)29(4)5/h6-13,16,19H,14-15,17-18H2,1-5H3,(H,28,33)/t27-/m0/s1. The molecule has 174 valence electrons. The Morgan fingerprint density at radius 2 is 1.82 bits per heavy atom. The molecule has 1 N–H and O–H groups in total. The van der Waals surface area contributed by atoms with E-state index in [1.807, 2.05) is 85.1 Å². The molecule has 3 aromatic rings. The third kappa shape index (κ3) is 4.34. The van der Waals surface area contributed by atoms with Gasteiger partial charge in [0.1, 0.15) is 11.2 Å². The van der Waals surface area contributed by atoms with Crippen molar-refractivity contribution in [2.24, 2.45) is 5.92 Å². The monoisotopic (exact) mass is 446 g/mol. The van der Waals surface area contributed by atoms with Crippen LogP contribution in [-0.4, -0.2) is 47.5 Å². The number of carbonyl (C=O) groups excluding carboxylic acids is 2. The quantitative estimate of drug-likeness (QED) is 0.589. The number of hydrogen-bond acceptors (Lipinski definition) is 3. The summed E-state index contributed by atoms with van der Waals surface area (Å²) in [6.45, 7) is 7.57. The minimum atomic E-state index is -0.997. The van der Waals surface area contributed by atoms with E-state index in [-0.39, 0.29) is 11.8 Å². The van der Waals surface area contributed by atoms with E-state index in [1.165, 1.54) is 0 Å². The molecule has 1 aliphatic heterocycles. The van der Waals surface area contributed by atoms with Gasteiger partial charge in [0.2, 0.25) is 5.91 Å². The number of nitrogens with zero attached hydrogens (tertiary/aromatic N) is 3. The molecular formula is C27H34N4O2. The van der Waals surface area contributed by atoms with E-state index < -0.39 is 5.54 Å². The van der Waals surface area contributed by atoms with Crippen LogP contribution in [0.15, 0.2) is 54.6 Å². The lowest BCUT2D eigenvalue weighted by atomic mass is 9.93. The van der Waals surface area contributed by atoms with E-state index in [2.05, 4.69) is 19.2 Å². The number of rotatable bonds is 7. The Morgan fingerprint density at radius 1 is 1.12 bits per heavy atom. The third-order valence-electron chi connectivity index (χ3n) is 6.63. The van der Waals surface area contributed by atoms with Gasteiger partial charge < -0.3 is 19.7 Å². The molecule has 1 atom stereocenters. The highest BCUT2D eigenvalue weighted by Crippen LogP contribution is 2.33. The summed E-state index contributed by atoms with van der Waals surface area (Å²) >= 11 is 0. The first-order valence-electron chi connectivity index (χ1n) is 11.7. The Morgan fingerprint density at radius 3 is 2.48 bits per heavy atom. The Balaban J connectivity index is 1.71. The van der Waals surface area contributed by atoms with Crippen molar-refractivity contribution in [3.05, 3.63) is 65.9 Å². The zero-order valence-electron chi connectivity index (χ0n) is 20.3. The molecule has 2 amide bonds. The second-order valence-electron chi connectivity index (χ2n) is 9.84. The molecule has 4 rings (SSSR count). The minimum Gasteiger partial charge on any atom is -0.378 e. The molecule has 0 radical (unpaired) electrons. The predicted octanol–water partition coefficient (Wildman–Crippen LogP) is 4.28. The van der Waals surface area contributed by atoms with Gasteiger partial charge in [-0.2, -0.15) is 0 Å². The van der Waals surface area contributed by atoms with Crippen molar-refractivity contribution in [1.82, 2.24) is 14.8 Å². The topological polar surface area (TPSA) is 57.6 Å². The Kier molecular flexibility index (Phi) is 6.19. The molecule has 0 saturated heterocycles. The average molecular weight is 447 g/mol. The fourth-order valence-electron chi connectivity index (χ4n) is 4.50. The summed E-state index contributed by atoms with van der Waals surface area (Å²) in [6.07, 6.45) is 0.902. The number of aromatic nitrogens is 1. The van der Waals surface area contributed by atoms with E-state index in [1.54, 1.807) is 4.90 Å². The third-order valence-corrected chi connectivity index (χ3v) is 6.63. The van der Waals surface area contributed by atoms with Crippen molar-refractivity contribution < 1.29 is 9.59 Å². The van der Waals surface area contributed by atoms with Gasteiger partial charge >= 0.3 is 0 Å². The Labute approximate surface area is 196 Å². The van der Waals surface area contributed by atoms with E-state index in [4.69, 9.17) is 0 Å². The van der Waals surface area contributed by atoms with Crippen LogP contribution in [0.25, 0.3) is 10.9 Å². The lowest BCUT2D eigenvalue weighted by molar-refractivity contribution is -0.133. The summed E-state index contributed by atoms with van der Waals surface area (Å²) in [6, 6.07) is 18.1. The van der Waals surface area contributed by atoms with Gasteiger partial charge in [-0.15, -0.1) is 0 Å². The second-order valence-corrected chi connectivity index (χ2v) is 9.84. The van der Waals surface area contributed by atoms with Crippen LogP contribution in [0, 0.1) is 5.92 Å². The Bertz CT molecular complexity index is 1160. The van der Waals surface area contributed by atoms with Gasteiger partial charge in [0.05, 0.1) is 6.54 Å². The summed E-state index contributed by atoms with van der Waals surface area (Å²) in [5.74, 6) is 0.276. The molecule has 1 aromatic heterocycles. The van der Waals surface area contributed by atoms with Crippen LogP contribution >= 0.6 is 0 Å². The van der Waals surface area contributed by atoms with Crippen LogP contribution < -0.4 is 10.2 Å². The molecule has 2 aromatic carbocycles. The molecule has 0 bridgehead atoms. The molecule has 0 fully saturated rings. The summed E-state index contributed by atoms with van der Waals surface area (Å²) < 4.78 is 2.01. The first-order chi connectivity index (χ1) is 15.7. The lowest BCUT2D eigenvalue weighted by Crippen LogP contribution is -2.63. The maximum atomic E-state index is 13.8. The van der Waals surface area contributed by atoms with E-state index in [9.17, 15) is 9.59 Å². The van der Waals surface area contributed by atoms with Gasteiger partial charge in [-0.3, -0.25) is 9.59 Å². The van der Waals surface area contributed by atoms with E-state index >= 15 is 0 Å². The number of nitrogens with one attached hydrogen (secondary N) is 1. The van der Waals surface area contributed by atoms with Gasteiger partial charge in [0.25, 0.3) is 5.91 Å². The van der Waals surface area contributed by atoms with Crippen LogP contribution in [0.1, 0.15) is 43.2 Å². The van der Waals surface area contributed by atoms with E-state index in [0.29, 0.717) is 31.2 Å². The van der Waals surface area contributed by atoms with Crippen molar-refractivity contribution in [2.45, 2.75) is 45.8 Å². The number of hydrogen-bond donors (Lipinski definition) is 1. The van der Waals surface area contributed by atoms with Crippen LogP contribution in [0.2, 0.25) is 0 Å². The number of anilines is 1. The summed E-state index contributed by atoms with van der Waals surface area (Å²) in [4.78, 5) is 31.1. The Hall–Kier alpha value is -3.28. The summed E-state index contributed by atoms with van der Waals surface area (Å²) in [5.41, 5.74) is 2.71. The number of para-hydroxylation sites is 1. The smallest absolute Gasteiger partial charge is 0.271 e. The normalized spacial score (nSPS) is 18.0. The highest BCUT2D eigenvalue weighted by Gasteiger charge is 2.47. The number of carbonyl (C=O) groups is 2. The van der Waals surface area contributed by atoms with Crippen molar-refractivity contribution in [3.8, 4) is 0 Å². The van der Waals surface area contributed by atoms with Crippen molar-refractivity contribution in [2.75, 3.05) is 25.5 Å². The molecule has 33 heavy (non-hydrogen) atoms. The average Bonchev–Trinajstić information content (AvgIpc) is 3.15. The maximum Gasteiger partial charge on any atom is 0.271 e. The largest absolute Gasteiger partial charge is 0.378 e. The van der Waals surface area contributed by atoms with E-state index in [0.717, 1.165) is 28.6 Å². The molecular weight excluding hydrogens is 412 g/mol. The van der Waals surface area contributed by atoms with Gasteiger partial charge in [-0.25, -0.2) is 0 Å². The minimum absolute atomic E-state index is 0.107. The van der Waals surface area contributed by atoms with Gasteiger partial charge in [-0.05, 0) is 49.1 Å². The van der Waals surface area contributed by atoms with Gasteiger partial charge in [0, 0.05) is 43.8 Å². The van der Waals surface area contributed by atoms with Crippen LogP contribution in [0.4, 0.5) is 5.69 Å². The summed E-state index contributed by atoms with van der Waals surface area (Å²) in [7, 11) is 4.00. The molecule has 1 aliphatic rings. The highest BCUT2D eigenvalue weighted by atomic mass is 16.2. The highest BCUT2D eigenvalue weighted by molar-refractivity contribution is 6.03. The molecule has 0 saturated carbocycles. The molecule has 0 spiro atoms. The maximum absolute atomic E-state index is 13.8.